The van der Waals surface area contributed by atoms with Crippen molar-refractivity contribution in [1.82, 2.24) is 10.2 Å². The van der Waals surface area contributed by atoms with Crippen LogP contribution in [0.1, 0.15) is 12.5 Å². The average Bonchev–Trinajstić information content (AvgIpc) is 2.33. The molecule has 6 heteroatoms. The summed E-state index contributed by atoms with van der Waals surface area (Å²) < 4.78 is 1.79. The summed E-state index contributed by atoms with van der Waals surface area (Å²) in [7, 11) is 0. The van der Waals surface area contributed by atoms with Gasteiger partial charge in [0.2, 0.25) is 5.91 Å². The highest BCUT2D eigenvalue weighted by Crippen LogP contribution is 2.32. The molecular weight excluding hydrogens is 386 g/mol. The van der Waals surface area contributed by atoms with Crippen LogP contribution >= 0.6 is 31.9 Å². The lowest BCUT2D eigenvalue weighted by Gasteiger charge is -2.31. The van der Waals surface area contributed by atoms with Crippen molar-refractivity contribution < 1.29 is 4.79 Å². The van der Waals surface area contributed by atoms with E-state index < -0.39 is 0 Å². The average molecular weight is 405 g/mol. The Labute approximate surface area is 136 Å². The van der Waals surface area contributed by atoms with E-state index in [1.54, 1.807) is 0 Å². The first-order valence-electron chi connectivity index (χ1n) is 6.67. The second-order valence-corrected chi connectivity index (χ2v) is 6.95. The van der Waals surface area contributed by atoms with Gasteiger partial charge in [-0.1, -0.05) is 0 Å². The first-order valence-corrected chi connectivity index (χ1v) is 8.25. The summed E-state index contributed by atoms with van der Waals surface area (Å²) in [6.07, 6.45) is 0. The predicted molar refractivity (Wildman–Crippen MR) is 89.1 cm³/mol. The molecule has 0 unspecified atom stereocenters. The molecule has 1 amide bonds. The molecule has 0 aliphatic carbocycles. The molecule has 0 bridgehead atoms. The number of amides is 1. The highest BCUT2D eigenvalue weighted by Gasteiger charge is 2.19. The van der Waals surface area contributed by atoms with Crippen LogP contribution in [0.2, 0.25) is 0 Å². The molecule has 0 saturated carbocycles. The van der Waals surface area contributed by atoms with Gasteiger partial charge in [0.25, 0.3) is 0 Å². The smallest absolute Gasteiger partial charge is 0.238 e. The van der Waals surface area contributed by atoms with Crippen molar-refractivity contribution in [1.29, 1.82) is 0 Å². The molecular formula is C14H19Br2N3O. The van der Waals surface area contributed by atoms with Gasteiger partial charge in [0.15, 0.2) is 0 Å². The molecule has 1 fully saturated rings. The highest BCUT2D eigenvalue weighted by molar-refractivity contribution is 9.11. The fourth-order valence-electron chi connectivity index (χ4n) is 2.36. The third-order valence-electron chi connectivity index (χ3n) is 3.27. The number of carbonyl (C=O) groups is 1. The van der Waals surface area contributed by atoms with Crippen LogP contribution in [0.4, 0.5) is 5.69 Å². The molecule has 0 spiro atoms. The molecule has 1 aromatic rings. The van der Waals surface area contributed by atoms with Crippen molar-refractivity contribution in [2.75, 3.05) is 31.5 Å². The van der Waals surface area contributed by atoms with Gasteiger partial charge >= 0.3 is 0 Å². The molecule has 1 saturated heterocycles. The number of benzene rings is 1. The van der Waals surface area contributed by atoms with Crippen LogP contribution in [-0.4, -0.2) is 43.0 Å². The van der Waals surface area contributed by atoms with Crippen molar-refractivity contribution in [3.63, 3.8) is 0 Å². The lowest BCUT2D eigenvalue weighted by Crippen LogP contribution is -2.51. The van der Waals surface area contributed by atoms with Crippen LogP contribution in [-0.2, 0) is 4.79 Å². The largest absolute Gasteiger partial charge is 0.323 e. The fraction of sp³-hybridized carbons (Fsp3) is 0.500. The summed E-state index contributed by atoms with van der Waals surface area (Å²) >= 11 is 6.99. The number of piperazine rings is 1. The topological polar surface area (TPSA) is 44.4 Å². The molecule has 0 aromatic heterocycles. The Bertz CT molecular complexity index is 484. The van der Waals surface area contributed by atoms with Crippen LogP contribution in [0.5, 0.6) is 0 Å². The van der Waals surface area contributed by atoms with E-state index in [0.29, 0.717) is 12.6 Å². The zero-order valence-electron chi connectivity index (χ0n) is 11.7. The first-order chi connectivity index (χ1) is 9.45. The molecule has 110 valence electrons. The quantitative estimate of drug-likeness (QED) is 0.813. The van der Waals surface area contributed by atoms with Gasteiger partial charge in [0.05, 0.1) is 12.2 Å². The van der Waals surface area contributed by atoms with E-state index in [1.807, 2.05) is 19.1 Å². The summed E-state index contributed by atoms with van der Waals surface area (Å²) in [4.78, 5) is 14.3. The van der Waals surface area contributed by atoms with E-state index in [9.17, 15) is 4.79 Å². The number of aryl methyl sites for hydroxylation is 1. The van der Waals surface area contributed by atoms with Gasteiger partial charge in [-0.15, -0.1) is 0 Å². The van der Waals surface area contributed by atoms with Gasteiger partial charge in [-0.3, -0.25) is 9.69 Å². The predicted octanol–water partition coefficient (Wildman–Crippen LogP) is 2.75. The Balaban J connectivity index is 1.98. The summed E-state index contributed by atoms with van der Waals surface area (Å²) in [5, 5.41) is 6.34. The van der Waals surface area contributed by atoms with Gasteiger partial charge in [0, 0.05) is 34.6 Å². The molecule has 0 radical (unpaired) electrons. The number of anilines is 1. The van der Waals surface area contributed by atoms with E-state index in [0.717, 1.165) is 39.8 Å². The minimum absolute atomic E-state index is 0.0179. The first kappa shape index (κ1) is 15.9. The maximum absolute atomic E-state index is 12.2. The number of rotatable bonds is 3. The van der Waals surface area contributed by atoms with Gasteiger partial charge in [-0.2, -0.15) is 0 Å². The molecule has 1 heterocycles. The third-order valence-corrected chi connectivity index (χ3v) is 4.52. The normalized spacial score (nSPS) is 19.9. The van der Waals surface area contributed by atoms with Crippen LogP contribution in [0.3, 0.4) is 0 Å². The number of hydrogen-bond donors (Lipinski definition) is 2. The monoisotopic (exact) mass is 403 g/mol. The summed E-state index contributed by atoms with van der Waals surface area (Å²) in [5.74, 6) is 0.0179. The van der Waals surface area contributed by atoms with Gasteiger partial charge < -0.3 is 10.6 Å². The van der Waals surface area contributed by atoms with E-state index in [4.69, 9.17) is 0 Å². The van der Waals surface area contributed by atoms with Crippen molar-refractivity contribution >= 4 is 43.5 Å². The van der Waals surface area contributed by atoms with Gasteiger partial charge in [0.1, 0.15) is 0 Å². The zero-order valence-corrected chi connectivity index (χ0v) is 14.8. The summed E-state index contributed by atoms with van der Waals surface area (Å²) in [5.41, 5.74) is 1.93. The molecule has 2 rings (SSSR count). The second kappa shape index (κ2) is 7.02. The second-order valence-electron chi connectivity index (χ2n) is 5.24. The number of nitrogens with one attached hydrogen (secondary N) is 2. The molecule has 1 atom stereocenters. The molecule has 2 N–H and O–H groups in total. The van der Waals surface area contributed by atoms with Gasteiger partial charge in [-0.25, -0.2) is 0 Å². The Hall–Kier alpha value is -0.430. The van der Waals surface area contributed by atoms with Crippen molar-refractivity contribution in [3.05, 3.63) is 26.6 Å². The molecule has 1 aliphatic rings. The van der Waals surface area contributed by atoms with E-state index >= 15 is 0 Å². The Morgan fingerprint density at radius 2 is 2.10 bits per heavy atom. The number of halogens is 2. The van der Waals surface area contributed by atoms with Crippen LogP contribution in [0, 0.1) is 6.92 Å². The minimum Gasteiger partial charge on any atom is -0.323 e. The Kier molecular flexibility index (Phi) is 5.60. The standard InChI is InChI=1S/C14H19Br2N3O/c1-9-5-11(15)14(12(16)6-9)18-13(20)8-19-4-3-17-10(2)7-19/h5-6,10,17H,3-4,7-8H2,1-2H3,(H,18,20)/t10-/m0/s1. The van der Waals surface area contributed by atoms with E-state index in [-0.39, 0.29) is 5.91 Å². The molecule has 4 nitrogen and oxygen atoms in total. The maximum Gasteiger partial charge on any atom is 0.238 e. The highest BCUT2D eigenvalue weighted by atomic mass is 79.9. The van der Waals surface area contributed by atoms with Crippen molar-refractivity contribution in [2.45, 2.75) is 19.9 Å². The van der Waals surface area contributed by atoms with Crippen molar-refractivity contribution in [3.8, 4) is 0 Å². The van der Waals surface area contributed by atoms with E-state index in [1.165, 1.54) is 0 Å². The lowest BCUT2D eigenvalue weighted by atomic mass is 10.2. The molecule has 1 aliphatic heterocycles. The van der Waals surface area contributed by atoms with E-state index in [2.05, 4.69) is 54.3 Å². The van der Waals surface area contributed by atoms with Crippen molar-refractivity contribution in [2.24, 2.45) is 0 Å². The Morgan fingerprint density at radius 3 is 2.70 bits per heavy atom. The number of hydrogen-bond acceptors (Lipinski definition) is 3. The maximum atomic E-state index is 12.2. The minimum atomic E-state index is 0.0179. The number of carbonyl (C=O) groups excluding carboxylic acids is 1. The molecule has 1 aromatic carbocycles. The Morgan fingerprint density at radius 1 is 1.45 bits per heavy atom. The van der Waals surface area contributed by atoms with Crippen LogP contribution in [0.25, 0.3) is 0 Å². The van der Waals surface area contributed by atoms with Crippen LogP contribution < -0.4 is 10.6 Å². The third kappa shape index (κ3) is 4.28. The summed E-state index contributed by atoms with van der Waals surface area (Å²) in [6.45, 7) is 7.34. The number of nitrogens with zero attached hydrogens (tertiary/aromatic N) is 1. The van der Waals surface area contributed by atoms with Gasteiger partial charge in [-0.05, 0) is 63.4 Å². The summed E-state index contributed by atoms with van der Waals surface area (Å²) in [6, 6.07) is 4.43. The van der Waals surface area contributed by atoms with Crippen LogP contribution in [0.15, 0.2) is 21.1 Å². The fourth-order valence-corrected chi connectivity index (χ4v) is 3.97. The molecule has 20 heavy (non-hydrogen) atoms. The SMILES string of the molecule is Cc1cc(Br)c(NC(=O)CN2CCN[C@@H](C)C2)c(Br)c1. The zero-order chi connectivity index (χ0) is 14.7. The lowest BCUT2D eigenvalue weighted by molar-refractivity contribution is -0.117.